The topological polar surface area (TPSA) is 46.5 Å². The number of halogens is 2. The first-order chi connectivity index (χ1) is 6.59. The molecular weight excluding hydrogens is 271 g/mol. The molecule has 0 atom stereocenters. The Morgan fingerprint density at radius 3 is 2.93 bits per heavy atom. The lowest BCUT2D eigenvalue weighted by Crippen LogP contribution is -2.04. The number of ether oxygens (including phenoxy) is 1. The van der Waals surface area contributed by atoms with Gasteiger partial charge in [0.15, 0.2) is 0 Å². The van der Waals surface area contributed by atoms with Gasteiger partial charge in [-0.15, -0.1) is 0 Å². The molecule has 14 heavy (non-hydrogen) atoms. The molecule has 0 amide bonds. The van der Waals surface area contributed by atoms with E-state index in [1.54, 1.807) is 18.2 Å². The molecule has 0 radical (unpaired) electrons. The molecule has 1 aromatic rings. The highest BCUT2D eigenvalue weighted by molar-refractivity contribution is 9.10. The third-order valence-corrected chi connectivity index (χ3v) is 2.36. The first kappa shape index (κ1) is 11.3. The molecule has 0 unspecified atom stereocenters. The summed E-state index contributed by atoms with van der Waals surface area (Å²) in [6, 6.07) is 5.10. The summed E-state index contributed by atoms with van der Waals surface area (Å²) in [5.41, 5.74) is 0. The molecule has 1 aromatic carbocycles. The van der Waals surface area contributed by atoms with Gasteiger partial charge in [0.1, 0.15) is 5.75 Å². The molecule has 0 saturated carbocycles. The Balaban J connectivity index is 2.57. The SMILES string of the molecule is O=C(O)CCOc1cc(Cl)ccc1Br. The number of carbonyl (C=O) groups is 1. The van der Waals surface area contributed by atoms with E-state index in [2.05, 4.69) is 15.9 Å². The molecule has 0 aromatic heterocycles. The van der Waals surface area contributed by atoms with Crippen molar-refractivity contribution in [2.75, 3.05) is 6.61 Å². The molecule has 3 nitrogen and oxygen atoms in total. The minimum atomic E-state index is -0.886. The van der Waals surface area contributed by atoms with E-state index < -0.39 is 5.97 Å². The maximum Gasteiger partial charge on any atom is 0.306 e. The highest BCUT2D eigenvalue weighted by Gasteiger charge is 2.03. The van der Waals surface area contributed by atoms with Crippen LogP contribution in [0.3, 0.4) is 0 Å². The molecule has 76 valence electrons. The van der Waals surface area contributed by atoms with Crippen LogP contribution in [0.1, 0.15) is 6.42 Å². The van der Waals surface area contributed by atoms with Crippen molar-refractivity contribution < 1.29 is 14.6 Å². The molecule has 0 fully saturated rings. The smallest absolute Gasteiger partial charge is 0.306 e. The Kier molecular flexibility index (Phi) is 4.22. The fraction of sp³-hybridized carbons (Fsp3) is 0.222. The standard InChI is InChI=1S/C9H8BrClO3/c10-7-2-1-6(11)5-8(7)14-4-3-9(12)13/h1-2,5H,3-4H2,(H,12,13). The van der Waals surface area contributed by atoms with Gasteiger partial charge in [-0.1, -0.05) is 11.6 Å². The van der Waals surface area contributed by atoms with Crippen LogP contribution < -0.4 is 4.74 Å². The summed E-state index contributed by atoms with van der Waals surface area (Å²) in [4.78, 5) is 10.2. The molecule has 5 heteroatoms. The second-order valence-corrected chi connectivity index (χ2v) is 3.86. The van der Waals surface area contributed by atoms with Gasteiger partial charge in [0.25, 0.3) is 0 Å². The average molecular weight is 280 g/mol. The average Bonchev–Trinajstić information content (AvgIpc) is 2.10. The molecule has 0 spiro atoms. The largest absolute Gasteiger partial charge is 0.492 e. The molecule has 0 aliphatic heterocycles. The van der Waals surface area contributed by atoms with Crippen molar-refractivity contribution in [1.82, 2.24) is 0 Å². The van der Waals surface area contributed by atoms with Gasteiger partial charge in [-0.2, -0.15) is 0 Å². The second kappa shape index (κ2) is 5.22. The Labute approximate surface area is 94.8 Å². The van der Waals surface area contributed by atoms with Crippen molar-refractivity contribution >= 4 is 33.5 Å². The van der Waals surface area contributed by atoms with Crippen LogP contribution in [0.4, 0.5) is 0 Å². The van der Waals surface area contributed by atoms with Gasteiger partial charge in [0.05, 0.1) is 17.5 Å². The van der Waals surface area contributed by atoms with Crippen LogP contribution in [0.2, 0.25) is 5.02 Å². The van der Waals surface area contributed by atoms with Crippen LogP contribution in [0.5, 0.6) is 5.75 Å². The highest BCUT2D eigenvalue weighted by atomic mass is 79.9. The maximum absolute atomic E-state index is 10.2. The number of benzene rings is 1. The zero-order valence-corrected chi connectivity index (χ0v) is 9.51. The zero-order valence-electron chi connectivity index (χ0n) is 7.17. The lowest BCUT2D eigenvalue weighted by atomic mass is 10.3. The minimum Gasteiger partial charge on any atom is -0.492 e. The van der Waals surface area contributed by atoms with Crippen LogP contribution in [0, 0.1) is 0 Å². The van der Waals surface area contributed by atoms with Gasteiger partial charge in [0, 0.05) is 5.02 Å². The summed E-state index contributed by atoms with van der Waals surface area (Å²) >= 11 is 9.01. The minimum absolute atomic E-state index is 0.0288. The van der Waals surface area contributed by atoms with E-state index >= 15 is 0 Å². The predicted octanol–water partition coefficient (Wildman–Crippen LogP) is 2.96. The molecular formula is C9H8BrClO3. The summed E-state index contributed by atoms with van der Waals surface area (Å²) in [6.07, 6.45) is -0.0288. The van der Waals surface area contributed by atoms with Crippen LogP contribution in [0.15, 0.2) is 22.7 Å². The molecule has 0 saturated heterocycles. The van der Waals surface area contributed by atoms with Gasteiger partial charge in [-0.05, 0) is 34.1 Å². The van der Waals surface area contributed by atoms with Gasteiger partial charge >= 0.3 is 5.97 Å². The number of hydrogen-bond acceptors (Lipinski definition) is 2. The van der Waals surface area contributed by atoms with Crippen LogP contribution in [0.25, 0.3) is 0 Å². The summed E-state index contributed by atoms with van der Waals surface area (Å²) in [7, 11) is 0. The third kappa shape index (κ3) is 3.55. The molecule has 0 heterocycles. The maximum atomic E-state index is 10.2. The normalized spacial score (nSPS) is 9.86. The van der Waals surface area contributed by atoms with E-state index in [-0.39, 0.29) is 13.0 Å². The Morgan fingerprint density at radius 2 is 2.29 bits per heavy atom. The fourth-order valence-electron chi connectivity index (χ4n) is 0.836. The molecule has 0 aliphatic carbocycles. The lowest BCUT2D eigenvalue weighted by Gasteiger charge is -2.06. The summed E-state index contributed by atoms with van der Waals surface area (Å²) < 4.78 is 5.97. The number of rotatable bonds is 4. The van der Waals surface area contributed by atoms with Crippen molar-refractivity contribution in [2.45, 2.75) is 6.42 Å². The van der Waals surface area contributed by atoms with E-state index in [0.717, 1.165) is 4.47 Å². The number of aliphatic carboxylic acids is 1. The van der Waals surface area contributed by atoms with Crippen molar-refractivity contribution in [2.24, 2.45) is 0 Å². The van der Waals surface area contributed by atoms with Gasteiger partial charge in [-0.25, -0.2) is 0 Å². The third-order valence-electron chi connectivity index (χ3n) is 1.47. The van der Waals surface area contributed by atoms with Crippen molar-refractivity contribution in [3.05, 3.63) is 27.7 Å². The monoisotopic (exact) mass is 278 g/mol. The molecule has 1 N–H and O–H groups in total. The first-order valence-electron chi connectivity index (χ1n) is 3.89. The number of hydrogen-bond donors (Lipinski definition) is 1. The first-order valence-corrected chi connectivity index (χ1v) is 5.06. The highest BCUT2D eigenvalue weighted by Crippen LogP contribution is 2.28. The van der Waals surface area contributed by atoms with Crippen molar-refractivity contribution in [1.29, 1.82) is 0 Å². The van der Waals surface area contributed by atoms with E-state index in [1.165, 1.54) is 0 Å². The molecule has 1 rings (SSSR count). The fourth-order valence-corrected chi connectivity index (χ4v) is 1.36. The molecule has 0 aliphatic rings. The van der Waals surface area contributed by atoms with Crippen molar-refractivity contribution in [3.8, 4) is 5.75 Å². The predicted molar refractivity (Wildman–Crippen MR) is 56.9 cm³/mol. The van der Waals surface area contributed by atoms with E-state index in [1.807, 2.05) is 0 Å². The van der Waals surface area contributed by atoms with E-state index in [4.69, 9.17) is 21.4 Å². The Morgan fingerprint density at radius 1 is 1.57 bits per heavy atom. The lowest BCUT2D eigenvalue weighted by molar-refractivity contribution is -0.137. The molecule has 0 bridgehead atoms. The Hall–Kier alpha value is -0.740. The van der Waals surface area contributed by atoms with Crippen LogP contribution >= 0.6 is 27.5 Å². The van der Waals surface area contributed by atoms with Crippen LogP contribution in [-0.2, 0) is 4.79 Å². The number of carboxylic acids is 1. The zero-order chi connectivity index (χ0) is 10.6. The summed E-state index contributed by atoms with van der Waals surface area (Å²) in [5.74, 6) is -0.332. The van der Waals surface area contributed by atoms with Crippen molar-refractivity contribution in [3.63, 3.8) is 0 Å². The quantitative estimate of drug-likeness (QED) is 0.922. The van der Waals surface area contributed by atoms with Gasteiger partial charge in [-0.3, -0.25) is 4.79 Å². The van der Waals surface area contributed by atoms with Crippen LogP contribution in [-0.4, -0.2) is 17.7 Å². The van der Waals surface area contributed by atoms with E-state index in [9.17, 15) is 4.79 Å². The van der Waals surface area contributed by atoms with Gasteiger partial charge < -0.3 is 9.84 Å². The second-order valence-electron chi connectivity index (χ2n) is 2.57. The number of carboxylic acid groups (broad SMARTS) is 1. The van der Waals surface area contributed by atoms with Gasteiger partial charge in [0.2, 0.25) is 0 Å². The van der Waals surface area contributed by atoms with E-state index in [0.29, 0.717) is 10.8 Å². The summed E-state index contributed by atoms with van der Waals surface area (Å²) in [6.45, 7) is 0.133. The summed E-state index contributed by atoms with van der Waals surface area (Å²) in [5, 5.41) is 8.95. The Bertz CT molecular complexity index is 341.